The van der Waals surface area contributed by atoms with Gasteiger partial charge in [-0.2, -0.15) is 0 Å². The highest BCUT2D eigenvalue weighted by atomic mass is 16.6. The second kappa shape index (κ2) is 7.39. The number of ether oxygens (including phenoxy) is 2. The predicted octanol–water partition coefficient (Wildman–Crippen LogP) is 1.37. The molecule has 5 N–H and O–H groups in total. The van der Waals surface area contributed by atoms with Crippen molar-refractivity contribution in [3.8, 4) is 5.75 Å². The Morgan fingerprint density at radius 3 is 2.78 bits per heavy atom. The zero-order valence-corrected chi connectivity index (χ0v) is 10.4. The van der Waals surface area contributed by atoms with Gasteiger partial charge in [-0.15, -0.1) is 0 Å². The average Bonchev–Trinajstić information content (AvgIpc) is 2.34. The molecule has 0 aliphatic carbocycles. The van der Waals surface area contributed by atoms with Crippen LogP contribution in [0.2, 0.25) is 0 Å². The van der Waals surface area contributed by atoms with Crippen molar-refractivity contribution in [1.82, 2.24) is 5.32 Å². The van der Waals surface area contributed by atoms with Gasteiger partial charge in [0.1, 0.15) is 5.75 Å². The maximum absolute atomic E-state index is 11.4. The van der Waals surface area contributed by atoms with Crippen molar-refractivity contribution in [3.63, 3.8) is 0 Å². The first-order valence-corrected chi connectivity index (χ1v) is 5.82. The van der Waals surface area contributed by atoms with E-state index >= 15 is 0 Å². The average molecular weight is 253 g/mol. The maximum Gasteiger partial charge on any atom is 0.412 e. The second-order valence-corrected chi connectivity index (χ2v) is 3.66. The summed E-state index contributed by atoms with van der Waals surface area (Å²) < 4.78 is 10.2. The highest BCUT2D eigenvalue weighted by Crippen LogP contribution is 2.21. The molecule has 1 rings (SSSR count). The fourth-order valence-electron chi connectivity index (χ4n) is 1.27. The summed E-state index contributed by atoms with van der Waals surface area (Å²) in [5, 5.41) is 2.61. The molecule has 6 nitrogen and oxygen atoms in total. The molecule has 0 radical (unpaired) electrons. The minimum Gasteiger partial charge on any atom is -0.410 e. The summed E-state index contributed by atoms with van der Waals surface area (Å²) in [5.41, 5.74) is 12.0. The first-order valence-electron chi connectivity index (χ1n) is 5.82. The van der Waals surface area contributed by atoms with Gasteiger partial charge in [0.05, 0.1) is 11.4 Å². The van der Waals surface area contributed by atoms with Crippen LogP contribution in [0.25, 0.3) is 0 Å². The molecule has 1 amide bonds. The number of hydrogen-bond donors (Lipinski definition) is 3. The Labute approximate surface area is 106 Å². The summed E-state index contributed by atoms with van der Waals surface area (Å²) in [6.07, 6.45) is 0.225. The lowest BCUT2D eigenvalue weighted by Crippen LogP contribution is -2.28. The fourth-order valence-corrected chi connectivity index (χ4v) is 1.27. The van der Waals surface area contributed by atoms with E-state index in [4.69, 9.17) is 20.9 Å². The van der Waals surface area contributed by atoms with Gasteiger partial charge in [0.25, 0.3) is 0 Å². The molecule has 0 aliphatic heterocycles. The fraction of sp³-hybridized carbons (Fsp3) is 0.417. The van der Waals surface area contributed by atoms with Gasteiger partial charge < -0.3 is 26.3 Å². The van der Waals surface area contributed by atoms with E-state index in [1.54, 1.807) is 12.1 Å². The van der Waals surface area contributed by atoms with Gasteiger partial charge in [0.2, 0.25) is 0 Å². The smallest absolute Gasteiger partial charge is 0.410 e. The van der Waals surface area contributed by atoms with Gasteiger partial charge in [-0.1, -0.05) is 0 Å². The Bertz CT molecular complexity index is 396. The van der Waals surface area contributed by atoms with E-state index in [1.807, 2.05) is 6.92 Å². The van der Waals surface area contributed by atoms with Crippen molar-refractivity contribution in [2.24, 2.45) is 0 Å². The van der Waals surface area contributed by atoms with Crippen LogP contribution < -0.4 is 21.5 Å². The minimum atomic E-state index is -0.518. The van der Waals surface area contributed by atoms with Gasteiger partial charge in [0, 0.05) is 25.8 Å². The lowest BCUT2D eigenvalue weighted by molar-refractivity contribution is 0.144. The monoisotopic (exact) mass is 253 g/mol. The molecule has 0 saturated carbocycles. The minimum absolute atomic E-state index is 0.365. The van der Waals surface area contributed by atoms with Crippen molar-refractivity contribution < 1.29 is 14.3 Å². The summed E-state index contributed by atoms with van der Waals surface area (Å²) >= 11 is 0. The maximum atomic E-state index is 11.4. The summed E-state index contributed by atoms with van der Waals surface area (Å²) in [7, 11) is 0. The summed E-state index contributed by atoms with van der Waals surface area (Å²) in [6, 6.07) is 4.69. The van der Waals surface area contributed by atoms with Crippen molar-refractivity contribution in [2.75, 3.05) is 31.2 Å². The molecule has 0 aromatic heterocycles. The molecule has 0 fully saturated rings. The van der Waals surface area contributed by atoms with E-state index in [9.17, 15) is 4.79 Å². The number of benzene rings is 1. The Morgan fingerprint density at radius 1 is 1.33 bits per heavy atom. The summed E-state index contributed by atoms with van der Waals surface area (Å²) in [5.74, 6) is 0.365. The van der Waals surface area contributed by atoms with Crippen LogP contribution in [0.15, 0.2) is 18.2 Å². The molecule has 6 heteroatoms. The van der Waals surface area contributed by atoms with Crippen LogP contribution in [0.4, 0.5) is 16.2 Å². The van der Waals surface area contributed by atoms with Crippen molar-refractivity contribution in [2.45, 2.75) is 13.3 Å². The molecule has 0 aliphatic rings. The Morgan fingerprint density at radius 2 is 2.11 bits per heavy atom. The van der Waals surface area contributed by atoms with Crippen molar-refractivity contribution in [3.05, 3.63) is 18.2 Å². The lowest BCUT2D eigenvalue weighted by atomic mass is 10.2. The van der Waals surface area contributed by atoms with Crippen LogP contribution in [0.5, 0.6) is 5.75 Å². The van der Waals surface area contributed by atoms with Crippen LogP contribution >= 0.6 is 0 Å². The summed E-state index contributed by atoms with van der Waals surface area (Å²) in [4.78, 5) is 11.4. The van der Waals surface area contributed by atoms with E-state index in [0.29, 0.717) is 36.9 Å². The highest BCUT2D eigenvalue weighted by Gasteiger charge is 2.04. The van der Waals surface area contributed by atoms with Gasteiger partial charge in [-0.05, 0) is 25.5 Å². The van der Waals surface area contributed by atoms with Crippen LogP contribution in [0.3, 0.4) is 0 Å². The molecule has 1 aromatic carbocycles. The van der Waals surface area contributed by atoms with E-state index in [-0.39, 0.29) is 0 Å². The number of anilines is 2. The molecule has 100 valence electrons. The molecular formula is C12H19N3O3. The Balaban J connectivity index is 2.29. The molecule has 18 heavy (non-hydrogen) atoms. The third kappa shape index (κ3) is 4.92. The van der Waals surface area contributed by atoms with Gasteiger partial charge in [-0.25, -0.2) is 4.79 Å². The topological polar surface area (TPSA) is 99.6 Å². The molecule has 1 aromatic rings. The Hall–Kier alpha value is -1.95. The Kier molecular flexibility index (Phi) is 5.79. The molecule has 0 spiro atoms. The lowest BCUT2D eigenvalue weighted by Gasteiger charge is -2.08. The van der Waals surface area contributed by atoms with Crippen LogP contribution in [0.1, 0.15) is 13.3 Å². The number of nitrogens with one attached hydrogen (secondary N) is 1. The van der Waals surface area contributed by atoms with E-state index < -0.39 is 6.09 Å². The van der Waals surface area contributed by atoms with E-state index in [0.717, 1.165) is 6.42 Å². The molecule has 0 heterocycles. The van der Waals surface area contributed by atoms with E-state index in [2.05, 4.69) is 5.32 Å². The van der Waals surface area contributed by atoms with Crippen molar-refractivity contribution >= 4 is 17.5 Å². The number of amides is 1. The largest absolute Gasteiger partial charge is 0.412 e. The summed E-state index contributed by atoms with van der Waals surface area (Å²) in [6.45, 7) is 3.72. The number of nitrogen functional groups attached to an aromatic ring is 2. The first-order chi connectivity index (χ1) is 8.63. The predicted molar refractivity (Wildman–Crippen MR) is 70.4 cm³/mol. The van der Waals surface area contributed by atoms with Crippen LogP contribution in [-0.4, -0.2) is 25.9 Å². The van der Waals surface area contributed by atoms with Crippen molar-refractivity contribution in [1.29, 1.82) is 0 Å². The van der Waals surface area contributed by atoms with Crippen LogP contribution in [-0.2, 0) is 4.74 Å². The van der Waals surface area contributed by atoms with Crippen LogP contribution in [0, 0.1) is 0 Å². The number of rotatable bonds is 6. The second-order valence-electron chi connectivity index (χ2n) is 3.66. The SMILES string of the molecule is CCOCCCNC(=O)Oc1ccc(N)c(N)c1. The molecule has 0 unspecified atom stereocenters. The molecule has 0 bridgehead atoms. The van der Waals surface area contributed by atoms with E-state index in [1.165, 1.54) is 6.07 Å². The van der Waals surface area contributed by atoms with Gasteiger partial charge >= 0.3 is 6.09 Å². The van der Waals surface area contributed by atoms with Gasteiger partial charge in [-0.3, -0.25) is 0 Å². The normalized spacial score (nSPS) is 10.1. The molecule has 0 saturated heterocycles. The number of nitrogens with two attached hydrogens (primary N) is 2. The number of hydrogen-bond acceptors (Lipinski definition) is 5. The zero-order chi connectivity index (χ0) is 13.4. The highest BCUT2D eigenvalue weighted by molar-refractivity contribution is 5.72. The zero-order valence-electron chi connectivity index (χ0n) is 10.4. The van der Waals surface area contributed by atoms with Gasteiger partial charge in [0.15, 0.2) is 0 Å². The standard InChI is InChI=1S/C12H19N3O3/c1-2-17-7-3-6-15-12(16)18-9-4-5-10(13)11(14)8-9/h4-5,8H,2-3,6-7,13-14H2,1H3,(H,15,16). The number of carbonyl (C=O) groups is 1. The third-order valence-corrected chi connectivity index (χ3v) is 2.21. The third-order valence-electron chi connectivity index (χ3n) is 2.21. The molecule has 0 atom stereocenters. The number of carbonyl (C=O) groups excluding carboxylic acids is 1. The quantitative estimate of drug-likeness (QED) is 0.525. The first kappa shape index (κ1) is 14.1. The molecular weight excluding hydrogens is 234 g/mol.